The van der Waals surface area contributed by atoms with Crippen LogP contribution in [0.5, 0.6) is 5.75 Å². The minimum atomic E-state index is -0.214. The lowest BCUT2D eigenvalue weighted by Crippen LogP contribution is -2.23. The summed E-state index contributed by atoms with van der Waals surface area (Å²) < 4.78 is 5.28. The Morgan fingerprint density at radius 2 is 1.73 bits per heavy atom. The number of carbonyl (C=O) groups excluding carboxylic acids is 1. The summed E-state index contributed by atoms with van der Waals surface area (Å²) in [7, 11) is 1.60. The molecule has 0 saturated heterocycles. The number of aromatic nitrogens is 2. The number of rotatable bonds is 6. The van der Waals surface area contributed by atoms with Gasteiger partial charge < -0.3 is 15.4 Å². The molecule has 0 unspecified atom stereocenters. The van der Waals surface area contributed by atoms with Crippen LogP contribution >= 0.6 is 0 Å². The molecule has 3 rings (SSSR count). The zero-order chi connectivity index (χ0) is 18.4. The first-order valence-corrected chi connectivity index (χ1v) is 8.21. The minimum absolute atomic E-state index is 0.214. The molecule has 1 heterocycles. The SMILES string of the molecule is COc1ccccc1Nc1ncc(C(=O)NCc2ccc(C)cc2)cn1. The summed E-state index contributed by atoms with van der Waals surface area (Å²) in [5.41, 5.74) is 3.39. The van der Waals surface area contributed by atoms with Gasteiger partial charge in [-0.25, -0.2) is 9.97 Å². The minimum Gasteiger partial charge on any atom is -0.495 e. The van der Waals surface area contributed by atoms with Crippen LogP contribution in [0.4, 0.5) is 11.6 Å². The van der Waals surface area contributed by atoms with Crippen LogP contribution in [0.3, 0.4) is 0 Å². The molecule has 0 fully saturated rings. The number of para-hydroxylation sites is 2. The zero-order valence-electron chi connectivity index (χ0n) is 14.7. The van der Waals surface area contributed by atoms with E-state index >= 15 is 0 Å². The first-order chi connectivity index (χ1) is 12.7. The molecule has 0 spiro atoms. The van der Waals surface area contributed by atoms with Gasteiger partial charge in [0.15, 0.2) is 0 Å². The molecule has 6 nitrogen and oxygen atoms in total. The lowest BCUT2D eigenvalue weighted by molar-refractivity contribution is 0.0950. The van der Waals surface area contributed by atoms with Crippen LogP contribution in [0.2, 0.25) is 0 Å². The summed E-state index contributed by atoms with van der Waals surface area (Å²) in [5.74, 6) is 0.870. The maximum atomic E-state index is 12.2. The van der Waals surface area contributed by atoms with E-state index in [4.69, 9.17) is 4.74 Å². The van der Waals surface area contributed by atoms with Crippen molar-refractivity contribution < 1.29 is 9.53 Å². The van der Waals surface area contributed by atoms with E-state index < -0.39 is 0 Å². The van der Waals surface area contributed by atoms with E-state index in [0.29, 0.717) is 23.8 Å². The Morgan fingerprint density at radius 1 is 1.04 bits per heavy atom. The molecule has 0 bridgehead atoms. The Hall–Kier alpha value is -3.41. The Labute approximate surface area is 152 Å². The number of nitrogens with one attached hydrogen (secondary N) is 2. The Balaban J connectivity index is 1.61. The molecule has 132 valence electrons. The van der Waals surface area contributed by atoms with Crippen LogP contribution in [0.15, 0.2) is 60.9 Å². The van der Waals surface area contributed by atoms with Gasteiger partial charge >= 0.3 is 0 Å². The molecule has 0 aliphatic heterocycles. The second-order valence-corrected chi connectivity index (χ2v) is 5.79. The number of methoxy groups -OCH3 is 1. The summed E-state index contributed by atoms with van der Waals surface area (Å²) in [6.07, 6.45) is 2.99. The van der Waals surface area contributed by atoms with Crippen molar-refractivity contribution in [3.05, 3.63) is 77.6 Å². The second-order valence-electron chi connectivity index (χ2n) is 5.79. The highest BCUT2D eigenvalue weighted by Crippen LogP contribution is 2.25. The molecule has 0 aliphatic rings. The molecule has 1 amide bonds. The highest BCUT2D eigenvalue weighted by molar-refractivity contribution is 5.93. The number of benzene rings is 2. The molecule has 2 aromatic carbocycles. The fourth-order valence-electron chi connectivity index (χ4n) is 2.37. The van der Waals surface area contributed by atoms with Crippen molar-refractivity contribution in [3.8, 4) is 5.75 Å². The highest BCUT2D eigenvalue weighted by Gasteiger charge is 2.08. The van der Waals surface area contributed by atoms with E-state index in [-0.39, 0.29) is 5.91 Å². The molecular weight excluding hydrogens is 328 g/mol. The van der Waals surface area contributed by atoms with Crippen molar-refractivity contribution in [3.63, 3.8) is 0 Å². The predicted octanol–water partition coefficient (Wildman–Crippen LogP) is 3.47. The number of hydrogen-bond donors (Lipinski definition) is 2. The molecule has 1 aromatic heterocycles. The van der Waals surface area contributed by atoms with Gasteiger partial charge in [-0.1, -0.05) is 42.0 Å². The Kier molecular flexibility index (Phi) is 5.43. The first-order valence-electron chi connectivity index (χ1n) is 8.21. The molecule has 6 heteroatoms. The fraction of sp³-hybridized carbons (Fsp3) is 0.150. The van der Waals surface area contributed by atoms with Crippen molar-refractivity contribution in [2.24, 2.45) is 0 Å². The van der Waals surface area contributed by atoms with Gasteiger partial charge in [-0.2, -0.15) is 0 Å². The van der Waals surface area contributed by atoms with Gasteiger partial charge in [-0.15, -0.1) is 0 Å². The standard InChI is InChI=1S/C20H20N4O2/c1-14-7-9-15(10-8-14)11-21-19(25)16-12-22-20(23-13-16)24-17-5-3-4-6-18(17)26-2/h3-10,12-13H,11H2,1-2H3,(H,21,25)(H,22,23,24). The van der Waals surface area contributed by atoms with Gasteiger partial charge in [0.1, 0.15) is 5.75 Å². The number of anilines is 2. The van der Waals surface area contributed by atoms with Gasteiger partial charge in [0, 0.05) is 18.9 Å². The van der Waals surface area contributed by atoms with Crippen LogP contribution in [0, 0.1) is 6.92 Å². The average Bonchev–Trinajstić information content (AvgIpc) is 2.68. The monoisotopic (exact) mass is 348 g/mol. The maximum absolute atomic E-state index is 12.2. The van der Waals surface area contributed by atoms with Crippen LogP contribution in [-0.4, -0.2) is 23.0 Å². The average molecular weight is 348 g/mol. The third-order valence-corrected chi connectivity index (χ3v) is 3.84. The molecule has 2 N–H and O–H groups in total. The van der Waals surface area contributed by atoms with Gasteiger partial charge in [0.25, 0.3) is 5.91 Å². The van der Waals surface area contributed by atoms with Crippen molar-refractivity contribution in [2.45, 2.75) is 13.5 Å². The topological polar surface area (TPSA) is 76.1 Å². The molecular formula is C20H20N4O2. The van der Waals surface area contributed by atoms with Gasteiger partial charge in [0.05, 0.1) is 18.4 Å². The summed E-state index contributed by atoms with van der Waals surface area (Å²) in [4.78, 5) is 20.6. The number of aryl methyl sites for hydroxylation is 1. The number of carbonyl (C=O) groups is 1. The Morgan fingerprint density at radius 3 is 2.42 bits per heavy atom. The number of hydrogen-bond acceptors (Lipinski definition) is 5. The second kappa shape index (κ2) is 8.11. The quantitative estimate of drug-likeness (QED) is 0.713. The number of amides is 1. The summed E-state index contributed by atoms with van der Waals surface area (Å²) >= 11 is 0. The van der Waals surface area contributed by atoms with E-state index in [1.807, 2.05) is 55.5 Å². The van der Waals surface area contributed by atoms with Gasteiger partial charge in [-0.3, -0.25) is 4.79 Å². The molecule has 0 atom stereocenters. The largest absolute Gasteiger partial charge is 0.495 e. The number of nitrogens with zero attached hydrogens (tertiary/aromatic N) is 2. The van der Waals surface area contributed by atoms with E-state index in [9.17, 15) is 4.79 Å². The normalized spacial score (nSPS) is 10.2. The lowest BCUT2D eigenvalue weighted by Gasteiger charge is -2.10. The van der Waals surface area contributed by atoms with Crippen molar-refractivity contribution in [1.82, 2.24) is 15.3 Å². The van der Waals surface area contributed by atoms with Crippen LogP contribution in [-0.2, 0) is 6.54 Å². The highest BCUT2D eigenvalue weighted by atomic mass is 16.5. The smallest absolute Gasteiger partial charge is 0.254 e. The lowest BCUT2D eigenvalue weighted by atomic mass is 10.1. The predicted molar refractivity (Wildman–Crippen MR) is 101 cm³/mol. The van der Waals surface area contributed by atoms with Crippen LogP contribution in [0.25, 0.3) is 0 Å². The van der Waals surface area contributed by atoms with E-state index in [0.717, 1.165) is 11.3 Å². The molecule has 3 aromatic rings. The first kappa shape index (κ1) is 17.4. The third kappa shape index (κ3) is 4.36. The maximum Gasteiger partial charge on any atom is 0.254 e. The summed E-state index contributed by atoms with van der Waals surface area (Å²) in [5, 5.41) is 5.94. The van der Waals surface area contributed by atoms with E-state index in [2.05, 4.69) is 20.6 Å². The molecule has 26 heavy (non-hydrogen) atoms. The molecule has 0 saturated carbocycles. The van der Waals surface area contributed by atoms with Crippen LogP contribution in [0.1, 0.15) is 21.5 Å². The van der Waals surface area contributed by atoms with E-state index in [1.165, 1.54) is 18.0 Å². The van der Waals surface area contributed by atoms with Gasteiger partial charge in [-0.05, 0) is 24.6 Å². The molecule has 0 aliphatic carbocycles. The number of ether oxygens (including phenoxy) is 1. The van der Waals surface area contributed by atoms with Crippen molar-refractivity contribution in [1.29, 1.82) is 0 Å². The van der Waals surface area contributed by atoms with Crippen molar-refractivity contribution in [2.75, 3.05) is 12.4 Å². The fourth-order valence-corrected chi connectivity index (χ4v) is 2.37. The van der Waals surface area contributed by atoms with Crippen molar-refractivity contribution >= 4 is 17.5 Å². The molecule has 0 radical (unpaired) electrons. The summed E-state index contributed by atoms with van der Waals surface area (Å²) in [6.45, 7) is 2.49. The summed E-state index contributed by atoms with van der Waals surface area (Å²) in [6, 6.07) is 15.5. The van der Waals surface area contributed by atoms with Gasteiger partial charge in [0.2, 0.25) is 5.95 Å². The third-order valence-electron chi connectivity index (χ3n) is 3.84. The van der Waals surface area contributed by atoms with Crippen LogP contribution < -0.4 is 15.4 Å². The van der Waals surface area contributed by atoms with E-state index in [1.54, 1.807) is 7.11 Å². The zero-order valence-corrected chi connectivity index (χ0v) is 14.7. The Bertz CT molecular complexity index is 877.